The molecule has 1 amide bonds. The number of aromatic nitrogens is 1. The van der Waals surface area contributed by atoms with Crippen molar-refractivity contribution >= 4 is 44.4 Å². The van der Waals surface area contributed by atoms with Gasteiger partial charge in [-0.05, 0) is 61.9 Å². The van der Waals surface area contributed by atoms with Gasteiger partial charge in [0.15, 0.2) is 5.13 Å². The molecular formula is C23H23BrN2O3S. The molecule has 30 heavy (non-hydrogen) atoms. The maximum atomic E-state index is 12.3. The van der Waals surface area contributed by atoms with Crippen molar-refractivity contribution in [2.75, 3.05) is 18.5 Å². The Hall–Kier alpha value is -2.64. The van der Waals surface area contributed by atoms with E-state index in [-0.39, 0.29) is 5.91 Å². The minimum atomic E-state index is -0.248. The second kappa shape index (κ2) is 10.9. The number of benzene rings is 2. The summed E-state index contributed by atoms with van der Waals surface area (Å²) < 4.78 is 12.1. The summed E-state index contributed by atoms with van der Waals surface area (Å²) in [6.45, 7) is 5.26. The fourth-order valence-corrected chi connectivity index (χ4v) is 3.76. The van der Waals surface area contributed by atoms with Gasteiger partial charge in [-0.3, -0.25) is 10.1 Å². The Morgan fingerprint density at radius 1 is 1.17 bits per heavy atom. The van der Waals surface area contributed by atoms with Crippen molar-refractivity contribution in [3.8, 4) is 22.8 Å². The van der Waals surface area contributed by atoms with Crippen LogP contribution in [0.5, 0.6) is 11.5 Å². The molecule has 0 saturated heterocycles. The number of hydrogen-bond acceptors (Lipinski definition) is 5. The molecule has 1 heterocycles. The number of anilines is 1. The van der Waals surface area contributed by atoms with Gasteiger partial charge in [0.1, 0.15) is 11.5 Å². The molecule has 1 N–H and O–H groups in total. The normalized spacial score (nSPS) is 10.9. The van der Waals surface area contributed by atoms with Gasteiger partial charge in [-0.15, -0.1) is 11.3 Å². The van der Waals surface area contributed by atoms with E-state index in [0.717, 1.165) is 39.2 Å². The third-order valence-corrected chi connectivity index (χ3v) is 5.29. The zero-order valence-electron chi connectivity index (χ0n) is 16.9. The van der Waals surface area contributed by atoms with E-state index in [1.54, 1.807) is 6.08 Å². The maximum Gasteiger partial charge on any atom is 0.250 e. The number of halogens is 1. The van der Waals surface area contributed by atoms with Crippen molar-refractivity contribution in [2.24, 2.45) is 0 Å². The molecule has 0 spiro atoms. The summed E-state index contributed by atoms with van der Waals surface area (Å²) in [4.78, 5) is 16.8. The SMILES string of the molecule is CCCOc1ccc(-c2csc(NC(=O)C=Cc3cc(Br)ccc3OCC)n2)cc1. The van der Waals surface area contributed by atoms with Crippen LogP contribution in [0, 0.1) is 0 Å². The summed E-state index contributed by atoms with van der Waals surface area (Å²) >= 11 is 4.83. The summed E-state index contributed by atoms with van der Waals surface area (Å²) in [5.74, 6) is 1.32. The lowest BCUT2D eigenvalue weighted by Gasteiger charge is -2.07. The van der Waals surface area contributed by atoms with E-state index in [1.807, 2.05) is 54.8 Å². The third-order valence-electron chi connectivity index (χ3n) is 4.04. The summed E-state index contributed by atoms with van der Waals surface area (Å²) in [5.41, 5.74) is 2.61. The number of hydrogen-bond donors (Lipinski definition) is 1. The molecule has 0 fully saturated rings. The van der Waals surface area contributed by atoms with Crippen LogP contribution in [-0.2, 0) is 4.79 Å². The first kappa shape index (κ1) is 22.1. The number of amides is 1. The molecule has 3 aromatic rings. The Balaban J connectivity index is 1.64. The van der Waals surface area contributed by atoms with E-state index in [0.29, 0.717) is 18.3 Å². The minimum absolute atomic E-state index is 0.248. The molecule has 0 radical (unpaired) electrons. The molecule has 0 aliphatic rings. The van der Waals surface area contributed by atoms with Crippen LogP contribution in [0.2, 0.25) is 0 Å². The predicted octanol–water partition coefficient (Wildman–Crippen LogP) is 6.41. The molecule has 2 aromatic carbocycles. The Labute approximate surface area is 188 Å². The van der Waals surface area contributed by atoms with Crippen LogP contribution in [0.15, 0.2) is 58.4 Å². The largest absolute Gasteiger partial charge is 0.494 e. The van der Waals surface area contributed by atoms with E-state index < -0.39 is 0 Å². The van der Waals surface area contributed by atoms with Gasteiger partial charge in [0.2, 0.25) is 5.91 Å². The molecule has 0 saturated carbocycles. The van der Waals surface area contributed by atoms with Crippen molar-refractivity contribution in [1.82, 2.24) is 4.98 Å². The van der Waals surface area contributed by atoms with Gasteiger partial charge < -0.3 is 9.47 Å². The Morgan fingerprint density at radius 3 is 2.70 bits per heavy atom. The minimum Gasteiger partial charge on any atom is -0.494 e. The van der Waals surface area contributed by atoms with Crippen molar-refractivity contribution in [2.45, 2.75) is 20.3 Å². The fraction of sp³-hybridized carbons (Fsp3) is 0.217. The Kier molecular flexibility index (Phi) is 8.04. The van der Waals surface area contributed by atoms with Crippen LogP contribution in [-0.4, -0.2) is 24.1 Å². The molecule has 5 nitrogen and oxygen atoms in total. The predicted molar refractivity (Wildman–Crippen MR) is 126 cm³/mol. The van der Waals surface area contributed by atoms with Crippen LogP contribution >= 0.6 is 27.3 Å². The molecular weight excluding hydrogens is 464 g/mol. The third kappa shape index (κ3) is 6.18. The first-order chi connectivity index (χ1) is 14.6. The molecule has 7 heteroatoms. The number of rotatable bonds is 9. The molecule has 156 valence electrons. The molecule has 1 aromatic heterocycles. The molecule has 0 aliphatic carbocycles. The van der Waals surface area contributed by atoms with Gasteiger partial charge in [0.05, 0.1) is 18.9 Å². The highest BCUT2D eigenvalue weighted by molar-refractivity contribution is 9.10. The van der Waals surface area contributed by atoms with Crippen LogP contribution < -0.4 is 14.8 Å². The van der Waals surface area contributed by atoms with E-state index in [4.69, 9.17) is 9.47 Å². The van der Waals surface area contributed by atoms with Gasteiger partial charge in [0.25, 0.3) is 0 Å². The van der Waals surface area contributed by atoms with Crippen LogP contribution in [0.25, 0.3) is 17.3 Å². The van der Waals surface area contributed by atoms with Crippen molar-refractivity contribution in [3.05, 3.63) is 64.0 Å². The summed E-state index contributed by atoms with van der Waals surface area (Å²) in [5, 5.41) is 5.28. The lowest BCUT2D eigenvalue weighted by molar-refractivity contribution is -0.111. The second-order valence-corrected chi connectivity index (χ2v) is 8.12. The number of thiazole rings is 1. The average Bonchev–Trinajstić information content (AvgIpc) is 3.21. The van der Waals surface area contributed by atoms with Gasteiger partial charge in [-0.2, -0.15) is 0 Å². The number of ether oxygens (including phenoxy) is 2. The second-order valence-electron chi connectivity index (χ2n) is 6.35. The van der Waals surface area contributed by atoms with Crippen LogP contribution in [0.1, 0.15) is 25.8 Å². The number of carbonyl (C=O) groups is 1. The molecule has 0 aliphatic heterocycles. The monoisotopic (exact) mass is 486 g/mol. The number of nitrogens with zero attached hydrogens (tertiary/aromatic N) is 1. The summed E-state index contributed by atoms with van der Waals surface area (Å²) in [6.07, 6.45) is 4.18. The number of nitrogens with one attached hydrogen (secondary N) is 1. The van der Waals surface area contributed by atoms with E-state index in [1.165, 1.54) is 17.4 Å². The van der Waals surface area contributed by atoms with Gasteiger partial charge in [-0.25, -0.2) is 4.98 Å². The standard InChI is InChI=1S/C23H23BrN2O3S/c1-3-13-29-19-9-5-16(6-10-19)20-15-30-23(25-20)26-22(27)12-7-17-14-18(24)8-11-21(17)28-4-2/h5-12,14-15H,3-4,13H2,1-2H3,(H,25,26,27). The van der Waals surface area contributed by atoms with Crippen LogP contribution in [0.4, 0.5) is 5.13 Å². The molecule has 3 rings (SSSR count). The Morgan fingerprint density at radius 2 is 1.97 bits per heavy atom. The van der Waals surface area contributed by atoms with E-state index >= 15 is 0 Å². The van der Waals surface area contributed by atoms with Gasteiger partial charge in [0, 0.05) is 27.1 Å². The number of carbonyl (C=O) groups excluding carboxylic acids is 1. The van der Waals surface area contributed by atoms with Crippen molar-refractivity contribution in [1.29, 1.82) is 0 Å². The average molecular weight is 487 g/mol. The molecule has 0 unspecified atom stereocenters. The van der Waals surface area contributed by atoms with E-state index in [9.17, 15) is 4.79 Å². The quantitative estimate of drug-likeness (QED) is 0.354. The first-order valence-corrected chi connectivity index (χ1v) is 11.4. The summed E-state index contributed by atoms with van der Waals surface area (Å²) in [7, 11) is 0. The molecule has 0 bridgehead atoms. The van der Waals surface area contributed by atoms with Crippen molar-refractivity contribution < 1.29 is 14.3 Å². The fourth-order valence-electron chi connectivity index (χ4n) is 2.65. The topological polar surface area (TPSA) is 60.5 Å². The highest BCUT2D eigenvalue weighted by atomic mass is 79.9. The highest BCUT2D eigenvalue weighted by Gasteiger charge is 2.08. The highest BCUT2D eigenvalue weighted by Crippen LogP contribution is 2.27. The van der Waals surface area contributed by atoms with Crippen molar-refractivity contribution in [3.63, 3.8) is 0 Å². The first-order valence-electron chi connectivity index (χ1n) is 9.69. The lowest BCUT2D eigenvalue weighted by atomic mass is 10.2. The maximum absolute atomic E-state index is 12.3. The zero-order chi connectivity index (χ0) is 21.3. The van der Waals surface area contributed by atoms with Crippen LogP contribution in [0.3, 0.4) is 0 Å². The lowest BCUT2D eigenvalue weighted by Crippen LogP contribution is -2.07. The smallest absolute Gasteiger partial charge is 0.250 e. The Bertz CT molecular complexity index is 1020. The zero-order valence-corrected chi connectivity index (χ0v) is 19.3. The van der Waals surface area contributed by atoms with Gasteiger partial charge >= 0.3 is 0 Å². The van der Waals surface area contributed by atoms with Gasteiger partial charge in [-0.1, -0.05) is 22.9 Å². The molecule has 0 atom stereocenters. The van der Waals surface area contributed by atoms with E-state index in [2.05, 4.69) is 33.2 Å². The summed E-state index contributed by atoms with van der Waals surface area (Å²) in [6, 6.07) is 13.5.